The summed E-state index contributed by atoms with van der Waals surface area (Å²) in [4.78, 5) is 1.22. The molecule has 2 N–H and O–H groups in total. The third kappa shape index (κ3) is 2.92. The molecule has 0 spiro atoms. The van der Waals surface area contributed by atoms with Gasteiger partial charge in [0.15, 0.2) is 0 Å². The Hall–Kier alpha value is -0.220. The van der Waals surface area contributed by atoms with E-state index in [9.17, 15) is 0 Å². The van der Waals surface area contributed by atoms with E-state index in [1.54, 1.807) is 0 Å². The van der Waals surface area contributed by atoms with Crippen molar-refractivity contribution in [3.05, 3.63) is 28.8 Å². The minimum absolute atomic E-state index is 0.505. The van der Waals surface area contributed by atoms with Crippen LogP contribution in [0.3, 0.4) is 0 Å². The van der Waals surface area contributed by atoms with E-state index in [0.717, 1.165) is 36.6 Å². The maximum absolute atomic E-state index is 6.13. The Bertz CT molecular complexity index is 353. The third-order valence-electron chi connectivity index (χ3n) is 2.74. The smallest absolute Gasteiger partial charge is 0.0476 e. The summed E-state index contributed by atoms with van der Waals surface area (Å²) in [6, 6.07) is 6.00. The van der Waals surface area contributed by atoms with Gasteiger partial charge in [0.05, 0.1) is 0 Å². The number of hydrogen-bond acceptors (Lipinski definition) is 3. The van der Waals surface area contributed by atoms with Crippen molar-refractivity contribution >= 4 is 23.4 Å². The monoisotopic (exact) mass is 257 g/mol. The van der Waals surface area contributed by atoms with Crippen molar-refractivity contribution in [1.82, 2.24) is 0 Å². The highest BCUT2D eigenvalue weighted by Gasteiger charge is 2.17. The van der Waals surface area contributed by atoms with Gasteiger partial charge in [0.2, 0.25) is 0 Å². The van der Waals surface area contributed by atoms with E-state index in [0.29, 0.717) is 11.8 Å². The lowest BCUT2D eigenvalue weighted by Gasteiger charge is -2.22. The lowest BCUT2D eigenvalue weighted by molar-refractivity contribution is 0.100. The molecule has 2 nitrogen and oxygen atoms in total. The summed E-state index contributed by atoms with van der Waals surface area (Å²) in [6.07, 6.45) is 2.22. The maximum atomic E-state index is 6.13. The van der Waals surface area contributed by atoms with Gasteiger partial charge in [0.25, 0.3) is 0 Å². The fourth-order valence-electron chi connectivity index (χ4n) is 1.82. The summed E-state index contributed by atoms with van der Waals surface area (Å²) in [5, 5.41) is 1.41. The molecule has 0 atom stereocenters. The minimum atomic E-state index is 0.505. The molecule has 0 amide bonds. The molecule has 1 aliphatic heterocycles. The molecule has 0 aromatic heterocycles. The summed E-state index contributed by atoms with van der Waals surface area (Å²) < 4.78 is 5.35. The second-order valence-electron chi connectivity index (χ2n) is 3.85. The fourth-order valence-corrected chi connectivity index (χ4v) is 3.41. The van der Waals surface area contributed by atoms with Gasteiger partial charge in [-0.2, -0.15) is 0 Å². The Morgan fingerprint density at radius 3 is 2.81 bits per heavy atom. The van der Waals surface area contributed by atoms with Crippen LogP contribution in [0.4, 0.5) is 0 Å². The summed E-state index contributed by atoms with van der Waals surface area (Å²) in [6.45, 7) is 2.25. The van der Waals surface area contributed by atoms with E-state index in [2.05, 4.69) is 6.07 Å². The van der Waals surface area contributed by atoms with Gasteiger partial charge in [-0.15, -0.1) is 11.8 Å². The second-order valence-corrected chi connectivity index (χ2v) is 5.60. The standard InChI is InChI=1S/C12H16ClNOS/c13-11-2-1-3-12(10(11)8-14)16-9-4-6-15-7-5-9/h1-3,9H,4-8,14H2. The summed E-state index contributed by atoms with van der Waals surface area (Å²) >= 11 is 8.01. The van der Waals surface area contributed by atoms with E-state index in [-0.39, 0.29) is 0 Å². The molecule has 1 aliphatic rings. The minimum Gasteiger partial charge on any atom is -0.381 e. The van der Waals surface area contributed by atoms with Crippen LogP contribution in [-0.4, -0.2) is 18.5 Å². The summed E-state index contributed by atoms with van der Waals surface area (Å²) in [5.74, 6) is 0. The Balaban J connectivity index is 2.10. The van der Waals surface area contributed by atoms with Crippen molar-refractivity contribution in [2.24, 2.45) is 5.73 Å². The number of hydrogen-bond donors (Lipinski definition) is 1. The molecule has 0 bridgehead atoms. The first-order valence-corrected chi connectivity index (χ1v) is 6.79. The third-order valence-corrected chi connectivity index (χ3v) is 4.54. The van der Waals surface area contributed by atoms with Crippen LogP contribution in [0.2, 0.25) is 5.02 Å². The van der Waals surface area contributed by atoms with Crippen LogP contribution in [0.5, 0.6) is 0 Å². The molecular formula is C12H16ClNOS. The lowest BCUT2D eigenvalue weighted by atomic mass is 10.2. The first-order valence-electron chi connectivity index (χ1n) is 5.53. The number of nitrogens with two attached hydrogens (primary N) is 1. The highest BCUT2D eigenvalue weighted by Crippen LogP contribution is 2.34. The van der Waals surface area contributed by atoms with Gasteiger partial charge in [0.1, 0.15) is 0 Å². The van der Waals surface area contributed by atoms with Crippen molar-refractivity contribution < 1.29 is 4.74 Å². The van der Waals surface area contributed by atoms with Crippen molar-refractivity contribution in [3.63, 3.8) is 0 Å². The average molecular weight is 258 g/mol. The Morgan fingerprint density at radius 2 is 2.12 bits per heavy atom. The van der Waals surface area contributed by atoms with Gasteiger partial charge in [-0.25, -0.2) is 0 Å². The van der Waals surface area contributed by atoms with Gasteiger partial charge < -0.3 is 10.5 Å². The molecule has 1 aromatic rings. The Kier molecular flexibility index (Phi) is 4.53. The molecule has 0 saturated carbocycles. The summed E-state index contributed by atoms with van der Waals surface area (Å²) in [7, 11) is 0. The molecule has 0 radical (unpaired) electrons. The highest BCUT2D eigenvalue weighted by molar-refractivity contribution is 8.00. The molecule has 0 unspecified atom stereocenters. The average Bonchev–Trinajstić information content (AvgIpc) is 2.31. The van der Waals surface area contributed by atoms with Crippen LogP contribution in [0.25, 0.3) is 0 Å². The lowest BCUT2D eigenvalue weighted by Crippen LogP contribution is -2.17. The van der Waals surface area contributed by atoms with Crippen LogP contribution in [0.1, 0.15) is 18.4 Å². The number of ether oxygens (including phenoxy) is 1. The molecule has 2 rings (SSSR count). The van der Waals surface area contributed by atoms with E-state index in [1.807, 2.05) is 23.9 Å². The zero-order chi connectivity index (χ0) is 11.4. The molecule has 0 aliphatic carbocycles. The van der Waals surface area contributed by atoms with Crippen LogP contribution in [0, 0.1) is 0 Å². The van der Waals surface area contributed by atoms with Gasteiger partial charge in [-0.05, 0) is 30.5 Å². The maximum Gasteiger partial charge on any atom is 0.0476 e. The van der Waals surface area contributed by atoms with Crippen LogP contribution in [0.15, 0.2) is 23.1 Å². The zero-order valence-electron chi connectivity index (χ0n) is 9.12. The van der Waals surface area contributed by atoms with Crippen molar-refractivity contribution in [3.8, 4) is 0 Å². The SMILES string of the molecule is NCc1c(Cl)cccc1SC1CCOCC1. The van der Waals surface area contributed by atoms with E-state index in [1.165, 1.54) is 4.90 Å². The number of rotatable bonds is 3. The number of thioether (sulfide) groups is 1. The topological polar surface area (TPSA) is 35.2 Å². The van der Waals surface area contributed by atoms with E-state index in [4.69, 9.17) is 22.1 Å². The van der Waals surface area contributed by atoms with E-state index < -0.39 is 0 Å². The quantitative estimate of drug-likeness (QED) is 0.904. The molecular weight excluding hydrogens is 242 g/mol. The van der Waals surface area contributed by atoms with Crippen LogP contribution >= 0.6 is 23.4 Å². The number of halogens is 1. The Morgan fingerprint density at radius 1 is 1.38 bits per heavy atom. The predicted molar refractivity (Wildman–Crippen MR) is 69.0 cm³/mol. The number of benzene rings is 1. The molecule has 1 aromatic carbocycles. The molecule has 1 fully saturated rings. The van der Waals surface area contributed by atoms with Crippen molar-refractivity contribution in [1.29, 1.82) is 0 Å². The van der Waals surface area contributed by atoms with Crippen molar-refractivity contribution in [2.75, 3.05) is 13.2 Å². The summed E-state index contributed by atoms with van der Waals surface area (Å²) in [5.41, 5.74) is 6.80. The zero-order valence-corrected chi connectivity index (χ0v) is 10.7. The van der Waals surface area contributed by atoms with Crippen molar-refractivity contribution in [2.45, 2.75) is 29.5 Å². The second kappa shape index (κ2) is 5.92. The normalized spacial score (nSPS) is 17.6. The first-order chi connectivity index (χ1) is 7.81. The fraction of sp³-hybridized carbons (Fsp3) is 0.500. The first kappa shape index (κ1) is 12.2. The predicted octanol–water partition coefficient (Wildman–Crippen LogP) is 3.07. The van der Waals surface area contributed by atoms with Gasteiger partial charge in [-0.3, -0.25) is 0 Å². The molecule has 4 heteroatoms. The highest BCUT2D eigenvalue weighted by atomic mass is 35.5. The molecule has 16 heavy (non-hydrogen) atoms. The van der Waals surface area contributed by atoms with Gasteiger partial charge in [0, 0.05) is 34.9 Å². The van der Waals surface area contributed by atoms with Crippen LogP contribution in [-0.2, 0) is 11.3 Å². The van der Waals surface area contributed by atoms with Crippen LogP contribution < -0.4 is 5.73 Å². The molecule has 88 valence electrons. The largest absolute Gasteiger partial charge is 0.381 e. The van der Waals surface area contributed by atoms with E-state index >= 15 is 0 Å². The molecule has 1 saturated heterocycles. The van der Waals surface area contributed by atoms with Gasteiger partial charge >= 0.3 is 0 Å². The Labute approximate surface area is 105 Å². The van der Waals surface area contributed by atoms with Gasteiger partial charge in [-0.1, -0.05) is 17.7 Å². The molecule has 1 heterocycles.